The molecular formula is C17H17Cl2NO. The van der Waals surface area contributed by atoms with Gasteiger partial charge in [-0.15, -0.1) is 0 Å². The maximum Gasteiger partial charge on any atom is 0.255 e. The molecule has 0 saturated carbocycles. The van der Waals surface area contributed by atoms with Crippen molar-refractivity contribution in [2.24, 2.45) is 0 Å². The molecule has 21 heavy (non-hydrogen) atoms. The third-order valence-corrected chi connectivity index (χ3v) is 4.16. The molecule has 0 heterocycles. The van der Waals surface area contributed by atoms with Crippen molar-refractivity contribution in [2.45, 2.75) is 26.7 Å². The number of benzene rings is 2. The average molecular weight is 322 g/mol. The topological polar surface area (TPSA) is 29.1 Å². The Bertz CT molecular complexity index is 646. The summed E-state index contributed by atoms with van der Waals surface area (Å²) < 4.78 is 0. The van der Waals surface area contributed by atoms with E-state index in [2.05, 4.69) is 19.2 Å². The summed E-state index contributed by atoms with van der Waals surface area (Å²) in [7, 11) is 0. The predicted molar refractivity (Wildman–Crippen MR) is 89.6 cm³/mol. The number of aryl methyl sites for hydroxylation is 2. The summed E-state index contributed by atoms with van der Waals surface area (Å²) in [6, 6.07) is 11.0. The third kappa shape index (κ3) is 3.58. The SMILES string of the molecule is CCc1cccc(CC)c1NC(=O)c1ccc(Cl)c(Cl)c1. The minimum Gasteiger partial charge on any atom is -0.321 e. The summed E-state index contributed by atoms with van der Waals surface area (Å²) in [5.74, 6) is -0.177. The van der Waals surface area contributed by atoms with Crippen LogP contribution in [0.4, 0.5) is 5.69 Å². The lowest BCUT2D eigenvalue weighted by Crippen LogP contribution is -2.14. The zero-order valence-corrected chi connectivity index (χ0v) is 13.6. The van der Waals surface area contributed by atoms with Crippen LogP contribution in [0.5, 0.6) is 0 Å². The number of halogens is 2. The second-order valence-corrected chi connectivity index (χ2v) is 5.56. The first kappa shape index (κ1) is 15.9. The van der Waals surface area contributed by atoms with Crippen LogP contribution in [0.15, 0.2) is 36.4 Å². The van der Waals surface area contributed by atoms with Gasteiger partial charge in [-0.2, -0.15) is 0 Å². The van der Waals surface area contributed by atoms with Crippen LogP contribution < -0.4 is 5.32 Å². The third-order valence-electron chi connectivity index (χ3n) is 3.42. The summed E-state index contributed by atoms with van der Waals surface area (Å²) in [4.78, 5) is 12.4. The summed E-state index contributed by atoms with van der Waals surface area (Å²) in [5, 5.41) is 3.82. The zero-order valence-electron chi connectivity index (χ0n) is 12.0. The lowest BCUT2D eigenvalue weighted by atomic mass is 10.0. The first-order chi connectivity index (χ1) is 10.1. The molecule has 0 atom stereocenters. The van der Waals surface area contributed by atoms with E-state index >= 15 is 0 Å². The molecule has 0 radical (unpaired) electrons. The van der Waals surface area contributed by atoms with Gasteiger partial charge in [-0.1, -0.05) is 55.2 Å². The van der Waals surface area contributed by atoms with Crippen LogP contribution in [0, 0.1) is 0 Å². The summed E-state index contributed by atoms with van der Waals surface area (Å²) in [6.07, 6.45) is 1.73. The monoisotopic (exact) mass is 321 g/mol. The van der Waals surface area contributed by atoms with Crippen LogP contribution in [-0.4, -0.2) is 5.91 Å². The fourth-order valence-corrected chi connectivity index (χ4v) is 2.52. The maximum atomic E-state index is 12.4. The van der Waals surface area contributed by atoms with Crippen molar-refractivity contribution in [3.63, 3.8) is 0 Å². The van der Waals surface area contributed by atoms with Crippen LogP contribution >= 0.6 is 23.2 Å². The standard InChI is InChI=1S/C17H17Cl2NO/c1-3-11-6-5-7-12(4-2)16(11)20-17(21)13-8-9-14(18)15(19)10-13/h5-10H,3-4H2,1-2H3,(H,20,21). The molecule has 1 N–H and O–H groups in total. The first-order valence-electron chi connectivity index (χ1n) is 6.94. The van der Waals surface area contributed by atoms with Gasteiger partial charge in [0.05, 0.1) is 10.0 Å². The van der Waals surface area contributed by atoms with Gasteiger partial charge in [0, 0.05) is 11.3 Å². The number of amides is 1. The molecule has 0 spiro atoms. The van der Waals surface area contributed by atoms with Crippen molar-refractivity contribution in [1.82, 2.24) is 0 Å². The minimum atomic E-state index is -0.177. The Morgan fingerprint density at radius 3 is 2.14 bits per heavy atom. The van der Waals surface area contributed by atoms with Gasteiger partial charge in [0.15, 0.2) is 0 Å². The van der Waals surface area contributed by atoms with Gasteiger partial charge in [0.2, 0.25) is 0 Å². The highest BCUT2D eigenvalue weighted by Gasteiger charge is 2.12. The van der Waals surface area contributed by atoms with Gasteiger partial charge in [-0.25, -0.2) is 0 Å². The molecule has 0 unspecified atom stereocenters. The van der Waals surface area contributed by atoms with E-state index in [9.17, 15) is 4.79 Å². The molecular weight excluding hydrogens is 305 g/mol. The van der Waals surface area contributed by atoms with Gasteiger partial charge in [0.1, 0.15) is 0 Å². The van der Waals surface area contributed by atoms with Crippen LogP contribution in [0.3, 0.4) is 0 Å². The Morgan fingerprint density at radius 2 is 1.62 bits per heavy atom. The van der Waals surface area contributed by atoms with Crippen LogP contribution in [-0.2, 0) is 12.8 Å². The molecule has 0 aliphatic rings. The molecule has 0 aromatic heterocycles. The Morgan fingerprint density at radius 1 is 1.00 bits per heavy atom. The number of nitrogens with one attached hydrogen (secondary N) is 1. The maximum absolute atomic E-state index is 12.4. The van der Waals surface area contributed by atoms with Crippen molar-refractivity contribution in [2.75, 3.05) is 5.32 Å². The Balaban J connectivity index is 2.33. The minimum absolute atomic E-state index is 0.177. The number of carbonyl (C=O) groups excluding carboxylic acids is 1. The average Bonchev–Trinajstić information content (AvgIpc) is 2.50. The van der Waals surface area contributed by atoms with Crippen LogP contribution in [0.1, 0.15) is 35.3 Å². The molecule has 2 aromatic carbocycles. The molecule has 0 aliphatic heterocycles. The predicted octanol–water partition coefficient (Wildman–Crippen LogP) is 5.37. The van der Waals surface area contributed by atoms with E-state index in [4.69, 9.17) is 23.2 Å². The normalized spacial score (nSPS) is 10.5. The quantitative estimate of drug-likeness (QED) is 0.805. The zero-order chi connectivity index (χ0) is 15.4. The van der Waals surface area contributed by atoms with E-state index in [-0.39, 0.29) is 5.91 Å². The fraction of sp³-hybridized carbons (Fsp3) is 0.235. The Labute approximate surface area is 135 Å². The van der Waals surface area contributed by atoms with Crippen molar-refractivity contribution in [3.8, 4) is 0 Å². The second-order valence-electron chi connectivity index (χ2n) is 4.74. The highest BCUT2D eigenvalue weighted by atomic mass is 35.5. The molecule has 2 aromatic rings. The van der Waals surface area contributed by atoms with E-state index in [1.54, 1.807) is 18.2 Å². The van der Waals surface area contributed by atoms with Crippen molar-refractivity contribution < 1.29 is 4.79 Å². The lowest BCUT2D eigenvalue weighted by Gasteiger charge is -2.14. The number of para-hydroxylation sites is 1. The van der Waals surface area contributed by atoms with E-state index in [1.807, 2.05) is 18.2 Å². The highest BCUT2D eigenvalue weighted by molar-refractivity contribution is 6.42. The largest absolute Gasteiger partial charge is 0.321 e. The Hall–Kier alpha value is -1.51. The number of rotatable bonds is 4. The van der Waals surface area contributed by atoms with Crippen LogP contribution in [0.25, 0.3) is 0 Å². The van der Waals surface area contributed by atoms with E-state index in [1.165, 1.54) is 0 Å². The number of anilines is 1. The molecule has 1 amide bonds. The van der Waals surface area contributed by atoms with Crippen LogP contribution in [0.2, 0.25) is 10.0 Å². The molecule has 2 nitrogen and oxygen atoms in total. The van der Waals surface area contributed by atoms with Crippen molar-refractivity contribution in [1.29, 1.82) is 0 Å². The molecule has 0 saturated heterocycles. The molecule has 2 rings (SSSR count). The summed E-state index contributed by atoms with van der Waals surface area (Å²) in [6.45, 7) is 4.15. The Kier molecular flexibility index (Phi) is 5.27. The molecule has 0 aliphatic carbocycles. The molecule has 110 valence electrons. The van der Waals surface area contributed by atoms with Gasteiger partial charge < -0.3 is 5.32 Å². The van der Waals surface area contributed by atoms with E-state index in [0.29, 0.717) is 15.6 Å². The fourth-order valence-electron chi connectivity index (χ4n) is 2.23. The van der Waals surface area contributed by atoms with Crippen molar-refractivity contribution in [3.05, 3.63) is 63.1 Å². The molecule has 4 heteroatoms. The molecule has 0 fully saturated rings. The van der Waals surface area contributed by atoms with Gasteiger partial charge in [-0.3, -0.25) is 4.79 Å². The smallest absolute Gasteiger partial charge is 0.255 e. The van der Waals surface area contributed by atoms with Gasteiger partial charge >= 0.3 is 0 Å². The van der Waals surface area contributed by atoms with E-state index < -0.39 is 0 Å². The summed E-state index contributed by atoms with van der Waals surface area (Å²) in [5.41, 5.74) is 3.65. The number of hydrogen-bond donors (Lipinski definition) is 1. The number of carbonyl (C=O) groups is 1. The second kappa shape index (κ2) is 6.97. The van der Waals surface area contributed by atoms with E-state index in [0.717, 1.165) is 29.7 Å². The molecule has 0 bridgehead atoms. The van der Waals surface area contributed by atoms with Gasteiger partial charge in [-0.05, 0) is 42.2 Å². The number of hydrogen-bond acceptors (Lipinski definition) is 1. The first-order valence-corrected chi connectivity index (χ1v) is 7.69. The van der Waals surface area contributed by atoms with Crippen molar-refractivity contribution >= 4 is 34.8 Å². The van der Waals surface area contributed by atoms with Gasteiger partial charge in [0.25, 0.3) is 5.91 Å². The summed E-state index contributed by atoms with van der Waals surface area (Å²) >= 11 is 11.8. The lowest BCUT2D eigenvalue weighted by molar-refractivity contribution is 0.102. The highest BCUT2D eigenvalue weighted by Crippen LogP contribution is 2.25.